The number of carbonyl (C=O) groups excluding carboxylic acids is 1. The smallest absolute Gasteiger partial charge is 0.262 e. The molecule has 0 saturated heterocycles. The first-order valence-corrected chi connectivity index (χ1v) is 11.9. The maximum atomic E-state index is 12.2. The van der Waals surface area contributed by atoms with Gasteiger partial charge < -0.3 is 10.5 Å². The maximum absolute atomic E-state index is 12.2. The molecule has 0 fully saturated rings. The summed E-state index contributed by atoms with van der Waals surface area (Å²) in [6.45, 7) is 1.88. The average molecular weight is 509 g/mol. The predicted molar refractivity (Wildman–Crippen MR) is 136 cm³/mol. The van der Waals surface area contributed by atoms with Gasteiger partial charge in [0.15, 0.2) is 0 Å². The number of hydrogen-bond acceptors (Lipinski definition) is 5. The molecule has 0 unspecified atom stereocenters. The zero-order valence-electron chi connectivity index (χ0n) is 17.9. The zero-order chi connectivity index (χ0) is 23.8. The normalized spacial score (nSPS) is 12.1. The van der Waals surface area contributed by atoms with Crippen molar-refractivity contribution in [2.45, 2.75) is 13.0 Å². The molecule has 3 aromatic heterocycles. The molecule has 5 rings (SSSR count). The third-order valence-corrected chi connectivity index (χ3v) is 7.08. The Morgan fingerprint density at radius 2 is 1.85 bits per heavy atom. The van der Waals surface area contributed by atoms with Crippen LogP contribution in [0.15, 0.2) is 73.2 Å². The molecule has 2 aromatic carbocycles. The Balaban J connectivity index is 1.51. The van der Waals surface area contributed by atoms with Gasteiger partial charge in [-0.25, -0.2) is 9.97 Å². The molecule has 3 heterocycles. The van der Waals surface area contributed by atoms with Crippen molar-refractivity contribution < 1.29 is 9.53 Å². The first kappa shape index (κ1) is 22.4. The molecule has 0 bridgehead atoms. The van der Waals surface area contributed by atoms with Gasteiger partial charge in [-0.2, -0.15) is 0 Å². The summed E-state index contributed by atoms with van der Waals surface area (Å²) in [5, 5.41) is 1.79. The molecule has 9 heteroatoms. The van der Waals surface area contributed by atoms with Gasteiger partial charge in [-0.1, -0.05) is 47.5 Å². The van der Waals surface area contributed by atoms with Crippen LogP contribution in [0, 0.1) is 0 Å². The van der Waals surface area contributed by atoms with Crippen molar-refractivity contribution in [1.82, 2.24) is 14.5 Å². The number of rotatable bonds is 6. The summed E-state index contributed by atoms with van der Waals surface area (Å²) in [5.74, 6) is -0.149. The van der Waals surface area contributed by atoms with E-state index in [1.165, 1.54) is 11.3 Å². The molecule has 1 amide bonds. The molecular weight excluding hydrogens is 491 g/mol. The average Bonchev–Trinajstić information content (AvgIpc) is 3.43. The van der Waals surface area contributed by atoms with Crippen molar-refractivity contribution in [3.05, 3.63) is 93.8 Å². The van der Waals surface area contributed by atoms with E-state index >= 15 is 0 Å². The molecule has 0 radical (unpaired) electrons. The number of nitrogens with two attached hydrogens (primary N) is 1. The van der Waals surface area contributed by atoms with Crippen molar-refractivity contribution in [3.63, 3.8) is 0 Å². The summed E-state index contributed by atoms with van der Waals surface area (Å²) < 4.78 is 8.03. The quantitative estimate of drug-likeness (QED) is 0.259. The number of benzene rings is 2. The first-order chi connectivity index (χ1) is 16.4. The van der Waals surface area contributed by atoms with Crippen molar-refractivity contribution in [2.75, 3.05) is 0 Å². The Morgan fingerprint density at radius 3 is 2.62 bits per heavy atom. The van der Waals surface area contributed by atoms with E-state index in [1.54, 1.807) is 24.7 Å². The minimum absolute atomic E-state index is 0.332. The highest BCUT2D eigenvalue weighted by Gasteiger charge is 2.21. The number of aromatic nitrogens is 3. The lowest BCUT2D eigenvalue weighted by Gasteiger charge is -2.16. The molecule has 6 nitrogen and oxygen atoms in total. The van der Waals surface area contributed by atoms with E-state index in [2.05, 4.69) is 9.97 Å². The van der Waals surface area contributed by atoms with Crippen molar-refractivity contribution in [1.29, 1.82) is 0 Å². The predicted octanol–water partition coefficient (Wildman–Crippen LogP) is 6.69. The summed E-state index contributed by atoms with van der Waals surface area (Å²) in [4.78, 5) is 21.1. The van der Waals surface area contributed by atoms with Crippen molar-refractivity contribution in [2.24, 2.45) is 5.73 Å². The van der Waals surface area contributed by atoms with Crippen molar-refractivity contribution in [3.8, 4) is 21.9 Å². The molecule has 34 heavy (non-hydrogen) atoms. The molecule has 2 N–H and O–H groups in total. The third-order valence-electron chi connectivity index (χ3n) is 5.40. The van der Waals surface area contributed by atoms with Crippen molar-refractivity contribution >= 4 is 51.5 Å². The summed E-state index contributed by atoms with van der Waals surface area (Å²) in [7, 11) is 0. The van der Waals surface area contributed by atoms with Gasteiger partial charge in [0.25, 0.3) is 5.91 Å². The highest BCUT2D eigenvalue weighted by atomic mass is 35.5. The molecule has 0 aliphatic heterocycles. The van der Waals surface area contributed by atoms with Crippen LogP contribution in [0.3, 0.4) is 0 Å². The SMILES string of the molecule is C[C@@H](Oc1cc(-n2cnc3cc(-c4ccnc(Cl)c4)ccc32)sc1C(N)=O)c1ccccc1Cl. The molecular formula is C25H18Cl2N4O2S. The Bertz CT molecular complexity index is 1530. The van der Waals surface area contributed by atoms with Crippen LogP contribution in [-0.4, -0.2) is 20.4 Å². The topological polar surface area (TPSA) is 83.0 Å². The van der Waals surface area contributed by atoms with Crippen LogP contribution in [0.25, 0.3) is 27.2 Å². The first-order valence-electron chi connectivity index (χ1n) is 10.3. The van der Waals surface area contributed by atoms with Gasteiger partial charge in [0.05, 0.1) is 11.0 Å². The largest absolute Gasteiger partial charge is 0.484 e. The minimum atomic E-state index is -0.557. The van der Waals surface area contributed by atoms with Crippen LogP contribution in [0.1, 0.15) is 28.3 Å². The maximum Gasteiger partial charge on any atom is 0.262 e. The number of fused-ring (bicyclic) bond motifs is 1. The minimum Gasteiger partial charge on any atom is -0.484 e. The second kappa shape index (κ2) is 9.10. The molecule has 0 spiro atoms. The van der Waals surface area contributed by atoms with E-state index in [-0.39, 0.29) is 6.10 Å². The standard InChI is InChI=1S/C25H18Cl2N4O2S/c1-14(17-4-2-3-5-18(17)26)33-21-12-23(34-24(21)25(28)32)31-13-30-19-10-15(6-7-20(19)31)16-8-9-29-22(27)11-16/h2-14H,1H3,(H2,28,32)/t14-/m1/s1. The van der Waals surface area contributed by atoms with Crippen LogP contribution in [0.2, 0.25) is 10.2 Å². The third kappa shape index (κ3) is 4.25. The van der Waals surface area contributed by atoms with Gasteiger partial charge in [0.1, 0.15) is 33.2 Å². The van der Waals surface area contributed by atoms with E-state index in [4.69, 9.17) is 33.7 Å². The van der Waals surface area contributed by atoms with Gasteiger partial charge in [-0.15, -0.1) is 11.3 Å². The number of pyridine rings is 1. The molecule has 170 valence electrons. The van der Waals surface area contributed by atoms with E-state index in [1.807, 2.05) is 60.0 Å². The van der Waals surface area contributed by atoms with Crippen LogP contribution >= 0.6 is 34.5 Å². The van der Waals surface area contributed by atoms with Gasteiger partial charge in [0, 0.05) is 22.8 Å². The fraction of sp³-hybridized carbons (Fsp3) is 0.0800. The number of imidazole rings is 1. The summed E-state index contributed by atoms with van der Waals surface area (Å²) in [6.07, 6.45) is 3.01. The van der Waals surface area contributed by atoms with E-state index in [0.29, 0.717) is 20.8 Å². The summed E-state index contributed by atoms with van der Waals surface area (Å²) in [6, 6.07) is 18.9. The zero-order valence-corrected chi connectivity index (χ0v) is 20.2. The van der Waals surface area contributed by atoms with Gasteiger partial charge >= 0.3 is 0 Å². The monoisotopic (exact) mass is 508 g/mol. The number of hydrogen-bond donors (Lipinski definition) is 1. The molecule has 5 aromatic rings. The van der Waals surface area contributed by atoms with Gasteiger partial charge in [-0.05, 0) is 48.4 Å². The second-order valence-corrected chi connectivity index (χ2v) is 9.43. The van der Waals surface area contributed by atoms with E-state index in [9.17, 15) is 4.79 Å². The Kier molecular flexibility index (Phi) is 6.00. The van der Waals surface area contributed by atoms with Crippen LogP contribution in [0.4, 0.5) is 0 Å². The number of amides is 1. The Morgan fingerprint density at radius 1 is 1.06 bits per heavy atom. The van der Waals surface area contributed by atoms with Gasteiger partial charge in [0.2, 0.25) is 0 Å². The number of nitrogens with zero attached hydrogens (tertiary/aromatic N) is 3. The highest BCUT2D eigenvalue weighted by molar-refractivity contribution is 7.16. The van der Waals surface area contributed by atoms with Crippen LogP contribution in [-0.2, 0) is 0 Å². The molecule has 0 saturated carbocycles. The van der Waals surface area contributed by atoms with E-state index in [0.717, 1.165) is 32.7 Å². The lowest BCUT2D eigenvalue weighted by molar-refractivity contribution is 0.0998. The molecule has 0 aliphatic carbocycles. The summed E-state index contributed by atoms with van der Waals surface area (Å²) >= 11 is 13.6. The highest BCUT2D eigenvalue weighted by Crippen LogP contribution is 2.37. The number of primary amides is 1. The number of carbonyl (C=O) groups is 1. The number of ether oxygens (including phenoxy) is 1. The molecule has 0 aliphatic rings. The van der Waals surface area contributed by atoms with E-state index < -0.39 is 5.91 Å². The molecule has 1 atom stereocenters. The van der Waals surface area contributed by atoms with Gasteiger partial charge in [-0.3, -0.25) is 9.36 Å². The van der Waals surface area contributed by atoms with Crippen LogP contribution < -0.4 is 10.5 Å². The Labute approximate surface area is 209 Å². The fourth-order valence-corrected chi connectivity index (χ4v) is 5.14. The van der Waals surface area contributed by atoms with Crippen LogP contribution in [0.5, 0.6) is 5.75 Å². The lowest BCUT2D eigenvalue weighted by Crippen LogP contribution is -2.12. The second-order valence-electron chi connectivity index (χ2n) is 7.61. The summed E-state index contributed by atoms with van der Waals surface area (Å²) in [5.41, 5.74) is 10.1. The Hall–Kier alpha value is -3.39. The fourth-order valence-electron chi connectivity index (χ4n) is 3.75. The number of thiophene rings is 1. The number of halogens is 2. The lowest BCUT2D eigenvalue weighted by atomic mass is 10.1.